The van der Waals surface area contributed by atoms with E-state index in [2.05, 4.69) is 15.9 Å². The first kappa shape index (κ1) is 11.2. The fourth-order valence-corrected chi connectivity index (χ4v) is 1.44. The molecular formula is C10H11BrO3. The highest BCUT2D eigenvalue weighted by atomic mass is 79.9. The van der Waals surface area contributed by atoms with Crippen molar-refractivity contribution in [3.05, 3.63) is 28.2 Å². The lowest BCUT2D eigenvalue weighted by Gasteiger charge is -2.07. The van der Waals surface area contributed by atoms with Gasteiger partial charge in [0.25, 0.3) is 0 Å². The first-order chi connectivity index (χ1) is 6.69. The lowest BCUT2D eigenvalue weighted by molar-refractivity contribution is 0.0845. The third kappa shape index (κ3) is 2.56. The second-order valence-corrected chi connectivity index (χ2v) is 3.62. The van der Waals surface area contributed by atoms with Crippen LogP contribution < -0.4 is 4.74 Å². The van der Waals surface area contributed by atoms with Gasteiger partial charge in [0, 0.05) is 11.6 Å². The summed E-state index contributed by atoms with van der Waals surface area (Å²) in [7, 11) is 3.02. The normalized spacial score (nSPS) is 9.93. The number of rotatable bonds is 4. The average molecular weight is 259 g/mol. The Balaban J connectivity index is 3.01. The van der Waals surface area contributed by atoms with E-state index in [0.717, 1.165) is 4.47 Å². The number of hydrogen-bond acceptors (Lipinski definition) is 3. The predicted molar refractivity (Wildman–Crippen MR) is 56.9 cm³/mol. The number of methoxy groups -OCH3 is 2. The maximum atomic E-state index is 11.5. The Bertz CT molecular complexity index is 336. The van der Waals surface area contributed by atoms with Gasteiger partial charge in [0.15, 0.2) is 5.78 Å². The second kappa shape index (κ2) is 5.12. The highest BCUT2D eigenvalue weighted by Gasteiger charge is 2.11. The van der Waals surface area contributed by atoms with Crippen molar-refractivity contribution in [2.45, 2.75) is 0 Å². The molecule has 0 saturated heterocycles. The van der Waals surface area contributed by atoms with Crippen molar-refractivity contribution in [1.82, 2.24) is 0 Å². The minimum atomic E-state index is -0.0862. The zero-order valence-electron chi connectivity index (χ0n) is 8.04. The van der Waals surface area contributed by atoms with Gasteiger partial charge in [0.05, 0.1) is 12.7 Å². The van der Waals surface area contributed by atoms with Crippen molar-refractivity contribution in [2.75, 3.05) is 20.8 Å². The molecule has 3 nitrogen and oxygen atoms in total. The van der Waals surface area contributed by atoms with Gasteiger partial charge in [0.2, 0.25) is 0 Å². The van der Waals surface area contributed by atoms with Gasteiger partial charge < -0.3 is 9.47 Å². The van der Waals surface area contributed by atoms with Crippen LogP contribution in [0.15, 0.2) is 22.7 Å². The molecule has 1 rings (SSSR count). The molecular weight excluding hydrogens is 248 g/mol. The molecule has 0 amide bonds. The summed E-state index contributed by atoms with van der Waals surface area (Å²) in [6.07, 6.45) is 0. The summed E-state index contributed by atoms with van der Waals surface area (Å²) >= 11 is 3.30. The van der Waals surface area contributed by atoms with E-state index in [9.17, 15) is 4.79 Å². The minimum Gasteiger partial charge on any atom is -0.496 e. The van der Waals surface area contributed by atoms with Gasteiger partial charge in [-0.3, -0.25) is 4.79 Å². The zero-order valence-corrected chi connectivity index (χ0v) is 9.63. The van der Waals surface area contributed by atoms with Crippen molar-refractivity contribution in [2.24, 2.45) is 0 Å². The molecule has 0 radical (unpaired) electrons. The first-order valence-electron chi connectivity index (χ1n) is 4.04. The van der Waals surface area contributed by atoms with Crippen LogP contribution in [-0.2, 0) is 4.74 Å². The number of benzene rings is 1. The molecule has 14 heavy (non-hydrogen) atoms. The number of ketones is 1. The van der Waals surface area contributed by atoms with Crippen LogP contribution >= 0.6 is 15.9 Å². The van der Waals surface area contributed by atoms with Crippen LogP contribution in [0.25, 0.3) is 0 Å². The zero-order chi connectivity index (χ0) is 10.6. The van der Waals surface area contributed by atoms with Crippen molar-refractivity contribution >= 4 is 21.7 Å². The Hall–Kier alpha value is -0.870. The summed E-state index contributed by atoms with van der Waals surface area (Å²) < 4.78 is 10.7. The van der Waals surface area contributed by atoms with E-state index in [4.69, 9.17) is 9.47 Å². The summed E-state index contributed by atoms with van der Waals surface area (Å²) in [5.41, 5.74) is 0.539. The number of ether oxygens (including phenoxy) is 2. The van der Waals surface area contributed by atoms with Crippen LogP contribution in [0.1, 0.15) is 10.4 Å². The van der Waals surface area contributed by atoms with E-state index in [1.54, 1.807) is 18.2 Å². The molecule has 76 valence electrons. The Morgan fingerprint density at radius 1 is 1.43 bits per heavy atom. The second-order valence-electron chi connectivity index (χ2n) is 2.70. The Kier molecular flexibility index (Phi) is 4.10. The standard InChI is InChI=1S/C10H11BrO3/c1-13-6-9(12)8-4-3-7(11)5-10(8)14-2/h3-5H,6H2,1-2H3. The molecule has 0 aromatic heterocycles. The van der Waals surface area contributed by atoms with Crippen LogP contribution in [0.4, 0.5) is 0 Å². The Morgan fingerprint density at radius 2 is 2.14 bits per heavy atom. The summed E-state index contributed by atoms with van der Waals surface area (Å²) in [6, 6.07) is 5.26. The lowest BCUT2D eigenvalue weighted by Crippen LogP contribution is -2.08. The summed E-state index contributed by atoms with van der Waals surface area (Å²) in [5.74, 6) is 0.471. The highest BCUT2D eigenvalue weighted by Crippen LogP contribution is 2.23. The quantitative estimate of drug-likeness (QED) is 0.778. The fourth-order valence-electron chi connectivity index (χ4n) is 1.10. The molecule has 0 N–H and O–H groups in total. The van der Waals surface area contributed by atoms with E-state index in [1.807, 2.05) is 0 Å². The van der Waals surface area contributed by atoms with Crippen LogP contribution in [0.3, 0.4) is 0 Å². The van der Waals surface area contributed by atoms with Crippen LogP contribution in [-0.4, -0.2) is 26.6 Å². The number of Topliss-reactive ketones (excluding diaryl/α,β-unsaturated/α-hetero) is 1. The van der Waals surface area contributed by atoms with Crippen molar-refractivity contribution in [3.8, 4) is 5.75 Å². The van der Waals surface area contributed by atoms with Crippen molar-refractivity contribution < 1.29 is 14.3 Å². The highest BCUT2D eigenvalue weighted by molar-refractivity contribution is 9.10. The van der Waals surface area contributed by atoms with Gasteiger partial charge in [-0.25, -0.2) is 0 Å². The lowest BCUT2D eigenvalue weighted by atomic mass is 10.1. The predicted octanol–water partition coefficient (Wildman–Crippen LogP) is 2.29. The fraction of sp³-hybridized carbons (Fsp3) is 0.300. The van der Waals surface area contributed by atoms with E-state index in [0.29, 0.717) is 11.3 Å². The third-order valence-electron chi connectivity index (χ3n) is 1.74. The van der Waals surface area contributed by atoms with Gasteiger partial charge in [-0.05, 0) is 18.2 Å². The molecule has 0 heterocycles. The van der Waals surface area contributed by atoms with Crippen LogP contribution in [0, 0.1) is 0 Å². The SMILES string of the molecule is COCC(=O)c1ccc(Br)cc1OC. The molecule has 0 bridgehead atoms. The van der Waals surface area contributed by atoms with E-state index >= 15 is 0 Å². The third-order valence-corrected chi connectivity index (χ3v) is 2.23. The smallest absolute Gasteiger partial charge is 0.192 e. The molecule has 0 spiro atoms. The summed E-state index contributed by atoms with van der Waals surface area (Å²) in [6.45, 7) is 0.0675. The van der Waals surface area contributed by atoms with E-state index in [1.165, 1.54) is 14.2 Å². The molecule has 0 aliphatic heterocycles. The number of carbonyl (C=O) groups is 1. The average Bonchev–Trinajstić information content (AvgIpc) is 2.17. The van der Waals surface area contributed by atoms with Gasteiger partial charge in [-0.1, -0.05) is 15.9 Å². The maximum Gasteiger partial charge on any atom is 0.192 e. The van der Waals surface area contributed by atoms with E-state index in [-0.39, 0.29) is 12.4 Å². The Labute approximate surface area is 91.1 Å². The molecule has 0 unspecified atom stereocenters. The topological polar surface area (TPSA) is 35.5 Å². The maximum absolute atomic E-state index is 11.5. The number of carbonyl (C=O) groups excluding carboxylic acids is 1. The van der Waals surface area contributed by atoms with Gasteiger partial charge in [0.1, 0.15) is 12.4 Å². The van der Waals surface area contributed by atoms with Gasteiger partial charge >= 0.3 is 0 Å². The molecule has 0 fully saturated rings. The number of hydrogen-bond donors (Lipinski definition) is 0. The summed E-state index contributed by atoms with van der Waals surface area (Å²) in [4.78, 5) is 11.5. The molecule has 1 aromatic rings. The summed E-state index contributed by atoms with van der Waals surface area (Å²) in [5, 5.41) is 0. The molecule has 4 heteroatoms. The molecule has 0 aliphatic rings. The Morgan fingerprint density at radius 3 is 2.71 bits per heavy atom. The van der Waals surface area contributed by atoms with Crippen molar-refractivity contribution in [1.29, 1.82) is 0 Å². The first-order valence-corrected chi connectivity index (χ1v) is 4.84. The van der Waals surface area contributed by atoms with Gasteiger partial charge in [-0.15, -0.1) is 0 Å². The molecule has 1 aromatic carbocycles. The molecule has 0 saturated carbocycles. The largest absolute Gasteiger partial charge is 0.496 e. The van der Waals surface area contributed by atoms with Gasteiger partial charge in [-0.2, -0.15) is 0 Å². The number of halogens is 1. The minimum absolute atomic E-state index is 0.0675. The monoisotopic (exact) mass is 258 g/mol. The molecule has 0 aliphatic carbocycles. The van der Waals surface area contributed by atoms with Crippen LogP contribution in [0.2, 0.25) is 0 Å². The van der Waals surface area contributed by atoms with Crippen molar-refractivity contribution in [3.63, 3.8) is 0 Å². The van der Waals surface area contributed by atoms with Crippen LogP contribution in [0.5, 0.6) is 5.75 Å². The van der Waals surface area contributed by atoms with E-state index < -0.39 is 0 Å². The molecule has 0 atom stereocenters.